The Morgan fingerprint density at radius 1 is 1.31 bits per heavy atom. The van der Waals surface area contributed by atoms with Gasteiger partial charge < -0.3 is 10.6 Å². The molecule has 0 aliphatic carbocycles. The Labute approximate surface area is 103 Å². The highest BCUT2D eigenvalue weighted by molar-refractivity contribution is 7.80. The first kappa shape index (κ1) is 11.0. The van der Waals surface area contributed by atoms with Crippen LogP contribution in [0, 0.1) is 0 Å². The minimum atomic E-state index is 0.556. The Hall–Kier alpha value is -1.53. The first-order valence-electron chi connectivity index (χ1n) is 4.70. The van der Waals surface area contributed by atoms with Crippen molar-refractivity contribution in [3.05, 3.63) is 42.2 Å². The Morgan fingerprint density at radius 3 is 2.81 bits per heavy atom. The second-order valence-corrected chi connectivity index (χ2v) is 4.23. The van der Waals surface area contributed by atoms with E-state index in [1.165, 1.54) is 23.4 Å². The van der Waals surface area contributed by atoms with Crippen molar-refractivity contribution in [2.24, 2.45) is 0 Å². The molecule has 0 unspecified atom stereocenters. The van der Waals surface area contributed by atoms with Gasteiger partial charge in [0, 0.05) is 18.1 Å². The fourth-order valence-electron chi connectivity index (χ4n) is 1.15. The zero-order chi connectivity index (χ0) is 11.2. The van der Waals surface area contributed by atoms with Crippen molar-refractivity contribution in [2.45, 2.75) is 6.54 Å². The zero-order valence-corrected chi connectivity index (χ0v) is 10.0. The van der Waals surface area contributed by atoms with E-state index in [4.69, 9.17) is 12.2 Å². The van der Waals surface area contributed by atoms with E-state index in [1.54, 1.807) is 0 Å². The molecule has 2 N–H and O–H groups in total. The van der Waals surface area contributed by atoms with Crippen molar-refractivity contribution in [3.63, 3.8) is 0 Å². The molecule has 0 spiro atoms. The summed E-state index contributed by atoms with van der Waals surface area (Å²) in [5, 5.41) is 7.31. The smallest absolute Gasteiger partial charge is 0.208 e. The Bertz CT molecular complexity index is 441. The molecule has 0 fully saturated rings. The van der Waals surface area contributed by atoms with E-state index in [2.05, 4.69) is 20.0 Å². The molecule has 2 rings (SSSR count). The number of thiocarbonyl (C=S) groups is 1. The van der Waals surface area contributed by atoms with Gasteiger partial charge >= 0.3 is 0 Å². The van der Waals surface area contributed by atoms with Crippen molar-refractivity contribution < 1.29 is 0 Å². The average Bonchev–Trinajstić information content (AvgIpc) is 2.81. The van der Waals surface area contributed by atoms with Gasteiger partial charge in [-0.3, -0.25) is 0 Å². The third-order valence-corrected chi connectivity index (χ3v) is 2.70. The van der Waals surface area contributed by atoms with Crippen LogP contribution in [0.4, 0.5) is 5.13 Å². The number of nitrogens with zero attached hydrogens (tertiary/aromatic N) is 2. The summed E-state index contributed by atoms with van der Waals surface area (Å²) < 4.78 is 3.87. The van der Waals surface area contributed by atoms with Crippen LogP contribution in [0.1, 0.15) is 5.56 Å². The summed E-state index contributed by atoms with van der Waals surface area (Å²) in [4.78, 5) is 3.98. The molecule has 0 radical (unpaired) electrons. The van der Waals surface area contributed by atoms with Crippen LogP contribution in [0.15, 0.2) is 36.7 Å². The highest BCUT2D eigenvalue weighted by atomic mass is 32.1. The topological polar surface area (TPSA) is 49.8 Å². The van der Waals surface area contributed by atoms with Crippen LogP contribution in [0.3, 0.4) is 0 Å². The standard InChI is InChI=1S/C10H10N4S2/c15-9(14-10-12-7-13-16-10)11-6-8-4-2-1-3-5-8/h1-5,7H,6H2,(H2,11,12,13,14,15). The van der Waals surface area contributed by atoms with Gasteiger partial charge in [-0.2, -0.15) is 4.37 Å². The number of hydrogen-bond donors (Lipinski definition) is 2. The van der Waals surface area contributed by atoms with Gasteiger partial charge in [-0.05, 0) is 17.8 Å². The fraction of sp³-hybridized carbons (Fsp3) is 0.100. The SMILES string of the molecule is S=C(NCc1ccccc1)Nc1ncns1. The van der Waals surface area contributed by atoms with Gasteiger partial charge in [0.05, 0.1) is 0 Å². The minimum Gasteiger partial charge on any atom is -0.358 e. The summed E-state index contributed by atoms with van der Waals surface area (Å²) in [6.45, 7) is 0.700. The van der Waals surface area contributed by atoms with Crippen LogP contribution in [-0.2, 0) is 6.54 Å². The van der Waals surface area contributed by atoms with Gasteiger partial charge in [-0.25, -0.2) is 4.98 Å². The largest absolute Gasteiger partial charge is 0.358 e. The predicted octanol–water partition coefficient (Wildman–Crippen LogP) is 2.02. The molecule has 2 aromatic rings. The lowest BCUT2D eigenvalue weighted by Gasteiger charge is -2.07. The van der Waals surface area contributed by atoms with E-state index in [1.807, 2.05) is 30.3 Å². The third-order valence-electron chi connectivity index (χ3n) is 1.88. The minimum absolute atomic E-state index is 0.556. The molecule has 0 aliphatic rings. The second-order valence-electron chi connectivity index (χ2n) is 3.04. The predicted molar refractivity (Wildman–Crippen MR) is 69.4 cm³/mol. The van der Waals surface area contributed by atoms with E-state index < -0.39 is 0 Å². The summed E-state index contributed by atoms with van der Waals surface area (Å²) in [7, 11) is 0. The molecular formula is C10H10N4S2. The number of nitrogens with one attached hydrogen (secondary N) is 2. The monoisotopic (exact) mass is 250 g/mol. The number of aromatic nitrogens is 2. The molecule has 6 heteroatoms. The van der Waals surface area contributed by atoms with E-state index in [0.29, 0.717) is 16.8 Å². The highest BCUT2D eigenvalue weighted by Crippen LogP contribution is 2.06. The number of anilines is 1. The summed E-state index contributed by atoms with van der Waals surface area (Å²) in [6, 6.07) is 10.1. The maximum Gasteiger partial charge on any atom is 0.208 e. The molecular weight excluding hydrogens is 240 g/mol. The molecule has 0 saturated heterocycles. The van der Waals surface area contributed by atoms with Crippen molar-refractivity contribution in [1.29, 1.82) is 0 Å². The van der Waals surface area contributed by atoms with Crippen LogP contribution in [0.5, 0.6) is 0 Å². The third kappa shape index (κ3) is 3.25. The van der Waals surface area contributed by atoms with Crippen molar-refractivity contribution >= 4 is 34.0 Å². The number of hydrogen-bond acceptors (Lipinski definition) is 4. The summed E-state index contributed by atoms with van der Waals surface area (Å²) >= 11 is 6.39. The normalized spacial score (nSPS) is 9.75. The van der Waals surface area contributed by atoms with Gasteiger partial charge in [0.25, 0.3) is 0 Å². The van der Waals surface area contributed by atoms with Crippen LogP contribution >= 0.6 is 23.8 Å². The van der Waals surface area contributed by atoms with Crippen LogP contribution in [0.25, 0.3) is 0 Å². The van der Waals surface area contributed by atoms with Crippen molar-refractivity contribution in [3.8, 4) is 0 Å². The van der Waals surface area contributed by atoms with E-state index in [9.17, 15) is 0 Å². The van der Waals surface area contributed by atoms with Crippen molar-refractivity contribution in [2.75, 3.05) is 5.32 Å². The highest BCUT2D eigenvalue weighted by Gasteiger charge is 1.99. The fourth-order valence-corrected chi connectivity index (χ4v) is 1.82. The molecule has 0 bridgehead atoms. The number of rotatable bonds is 3. The zero-order valence-electron chi connectivity index (χ0n) is 8.38. The molecule has 0 atom stereocenters. The van der Waals surface area contributed by atoms with E-state index in [0.717, 1.165) is 0 Å². The average molecular weight is 250 g/mol. The molecule has 1 aromatic heterocycles. The second kappa shape index (κ2) is 5.53. The van der Waals surface area contributed by atoms with E-state index >= 15 is 0 Å². The molecule has 1 heterocycles. The summed E-state index contributed by atoms with van der Waals surface area (Å²) in [5.41, 5.74) is 1.18. The first-order chi connectivity index (χ1) is 7.84. The molecule has 0 amide bonds. The van der Waals surface area contributed by atoms with Crippen LogP contribution in [0.2, 0.25) is 0 Å². The van der Waals surface area contributed by atoms with Gasteiger partial charge in [0.1, 0.15) is 6.33 Å². The quantitative estimate of drug-likeness (QED) is 0.816. The molecule has 16 heavy (non-hydrogen) atoms. The maximum atomic E-state index is 5.12. The Kier molecular flexibility index (Phi) is 3.79. The lowest BCUT2D eigenvalue weighted by atomic mass is 10.2. The Balaban J connectivity index is 1.80. The van der Waals surface area contributed by atoms with Gasteiger partial charge in [0.2, 0.25) is 5.13 Å². The van der Waals surface area contributed by atoms with Gasteiger partial charge in [-0.1, -0.05) is 30.3 Å². The summed E-state index contributed by atoms with van der Waals surface area (Å²) in [5.74, 6) is 0. The van der Waals surface area contributed by atoms with Gasteiger partial charge in [0.15, 0.2) is 5.11 Å². The van der Waals surface area contributed by atoms with E-state index in [-0.39, 0.29) is 0 Å². The number of benzene rings is 1. The maximum absolute atomic E-state index is 5.12. The summed E-state index contributed by atoms with van der Waals surface area (Å²) in [6.07, 6.45) is 1.49. The van der Waals surface area contributed by atoms with Gasteiger partial charge in [-0.15, -0.1) is 0 Å². The molecule has 1 aromatic carbocycles. The van der Waals surface area contributed by atoms with Crippen LogP contribution in [-0.4, -0.2) is 14.5 Å². The molecule has 4 nitrogen and oxygen atoms in total. The molecule has 0 aliphatic heterocycles. The lowest BCUT2D eigenvalue weighted by molar-refractivity contribution is 0.925. The van der Waals surface area contributed by atoms with Crippen molar-refractivity contribution in [1.82, 2.24) is 14.7 Å². The molecule has 82 valence electrons. The molecule has 0 saturated carbocycles. The lowest BCUT2D eigenvalue weighted by Crippen LogP contribution is -2.27. The van der Waals surface area contributed by atoms with Crippen LogP contribution < -0.4 is 10.6 Å². The Morgan fingerprint density at radius 2 is 2.12 bits per heavy atom. The first-order valence-corrected chi connectivity index (χ1v) is 5.88.